The second kappa shape index (κ2) is 9.38. The van der Waals surface area contributed by atoms with Crippen molar-refractivity contribution < 1.29 is 13.6 Å². The monoisotopic (exact) mass is 470 g/mol. The van der Waals surface area contributed by atoms with Crippen LogP contribution in [0.5, 0.6) is 0 Å². The van der Waals surface area contributed by atoms with Gasteiger partial charge in [0.1, 0.15) is 16.4 Å². The highest BCUT2D eigenvalue weighted by molar-refractivity contribution is 7.14. The molecule has 33 heavy (non-hydrogen) atoms. The fourth-order valence-electron chi connectivity index (χ4n) is 3.07. The van der Waals surface area contributed by atoms with Gasteiger partial charge in [0.05, 0.1) is 11.8 Å². The number of hydrazine groups is 1. The minimum atomic E-state index is -2.93. The largest absolute Gasteiger partial charge is 0.348 e. The first kappa shape index (κ1) is 22.4. The Kier molecular flexibility index (Phi) is 6.38. The van der Waals surface area contributed by atoms with Crippen molar-refractivity contribution in [2.75, 3.05) is 0 Å². The first-order valence-corrected chi connectivity index (χ1v) is 10.6. The molecule has 170 valence electrons. The molecule has 4 N–H and O–H groups in total. The summed E-state index contributed by atoms with van der Waals surface area (Å²) in [4.78, 5) is 30.7. The smallest absolute Gasteiger partial charge is 0.296 e. The van der Waals surface area contributed by atoms with Crippen LogP contribution in [0.2, 0.25) is 0 Å². The van der Waals surface area contributed by atoms with Gasteiger partial charge in [-0.25, -0.2) is 29.6 Å². The lowest BCUT2D eigenvalue weighted by molar-refractivity contribution is 0.0950. The van der Waals surface area contributed by atoms with Crippen LogP contribution in [-0.2, 0) is 6.54 Å². The third-order valence-corrected chi connectivity index (χ3v) is 5.65. The van der Waals surface area contributed by atoms with Crippen LogP contribution in [0, 0.1) is 13.8 Å². The van der Waals surface area contributed by atoms with E-state index < -0.39 is 18.2 Å². The predicted octanol–water partition coefficient (Wildman–Crippen LogP) is 3.16. The molecule has 0 aliphatic carbocycles. The van der Waals surface area contributed by atoms with Crippen LogP contribution in [0.3, 0.4) is 0 Å². The number of hydrogen-bond acceptors (Lipinski definition) is 7. The molecule has 4 aromatic rings. The van der Waals surface area contributed by atoms with E-state index in [1.807, 2.05) is 31.4 Å². The number of aliphatic imine (C=N–C) groups is 1. The Morgan fingerprint density at radius 3 is 2.67 bits per heavy atom. The van der Waals surface area contributed by atoms with Gasteiger partial charge in [-0.15, -0.1) is 11.3 Å². The van der Waals surface area contributed by atoms with E-state index in [2.05, 4.69) is 25.3 Å². The van der Waals surface area contributed by atoms with Crippen molar-refractivity contribution >= 4 is 34.4 Å². The highest BCUT2D eigenvalue weighted by atomic mass is 32.1. The van der Waals surface area contributed by atoms with Crippen LogP contribution in [-0.4, -0.2) is 37.5 Å². The molecule has 0 aromatic carbocycles. The number of fused-ring (bicyclic) bond motifs is 1. The van der Waals surface area contributed by atoms with E-state index in [1.54, 1.807) is 29.2 Å². The zero-order valence-electron chi connectivity index (χ0n) is 17.7. The number of amidine groups is 1. The van der Waals surface area contributed by atoms with Gasteiger partial charge in [-0.1, -0.05) is 6.07 Å². The van der Waals surface area contributed by atoms with Crippen molar-refractivity contribution in [3.8, 4) is 10.7 Å². The number of aromatic nitrogens is 4. The van der Waals surface area contributed by atoms with Gasteiger partial charge in [-0.3, -0.25) is 14.2 Å². The Hall–Kier alpha value is -3.77. The summed E-state index contributed by atoms with van der Waals surface area (Å²) in [7, 11) is 0. The summed E-state index contributed by atoms with van der Waals surface area (Å²) in [5.74, 6) is 4.05. The number of imidazole rings is 1. The molecule has 12 heteroatoms. The van der Waals surface area contributed by atoms with Crippen molar-refractivity contribution in [2.45, 2.75) is 26.8 Å². The normalized spacial score (nSPS) is 11.9. The van der Waals surface area contributed by atoms with E-state index in [-0.39, 0.29) is 23.4 Å². The quantitative estimate of drug-likeness (QED) is 0.172. The Morgan fingerprint density at radius 1 is 1.21 bits per heavy atom. The summed E-state index contributed by atoms with van der Waals surface area (Å²) in [6, 6.07) is 5.10. The molecule has 4 rings (SSSR count). The molecule has 0 saturated heterocycles. The molecule has 4 heterocycles. The van der Waals surface area contributed by atoms with E-state index in [0.717, 1.165) is 16.1 Å². The number of rotatable bonds is 6. The number of alkyl halides is 2. The van der Waals surface area contributed by atoms with Crippen molar-refractivity contribution in [3.63, 3.8) is 0 Å². The van der Waals surface area contributed by atoms with Gasteiger partial charge in [0.15, 0.2) is 11.5 Å². The van der Waals surface area contributed by atoms with Gasteiger partial charge in [0, 0.05) is 35.7 Å². The van der Waals surface area contributed by atoms with E-state index in [0.29, 0.717) is 10.7 Å². The number of carbonyl (C=O) groups excluding carboxylic acids is 1. The third-order valence-electron chi connectivity index (χ3n) is 4.71. The molecule has 0 saturated carbocycles. The molecule has 0 fully saturated rings. The maximum Gasteiger partial charge on any atom is 0.296 e. The lowest BCUT2D eigenvalue weighted by atomic mass is 10.2. The van der Waals surface area contributed by atoms with Crippen LogP contribution in [0.25, 0.3) is 16.3 Å². The van der Waals surface area contributed by atoms with Gasteiger partial charge >= 0.3 is 0 Å². The second-order valence-electron chi connectivity index (χ2n) is 7.16. The summed E-state index contributed by atoms with van der Waals surface area (Å²) in [5, 5.41) is 3.48. The number of thiazole rings is 1. The number of nitrogens with zero attached hydrogens (tertiary/aromatic N) is 5. The van der Waals surface area contributed by atoms with Crippen molar-refractivity contribution in [2.24, 2.45) is 10.8 Å². The molecule has 1 amide bonds. The SMILES string of the molecule is Cc1ccc(CNC(=O)c2cc(N=C(NN)C(F)F)c3ncc(-c4ncc(C)s4)n3c2)cn1. The highest BCUT2D eigenvalue weighted by Crippen LogP contribution is 2.30. The molecule has 4 aromatic heterocycles. The zero-order valence-corrected chi connectivity index (χ0v) is 18.5. The van der Waals surface area contributed by atoms with E-state index in [1.165, 1.54) is 17.4 Å². The Morgan fingerprint density at radius 2 is 2.03 bits per heavy atom. The molecule has 0 spiro atoms. The van der Waals surface area contributed by atoms with Gasteiger partial charge < -0.3 is 10.7 Å². The van der Waals surface area contributed by atoms with Crippen molar-refractivity contribution in [1.82, 2.24) is 30.1 Å². The molecule has 0 bridgehead atoms. The first-order valence-electron chi connectivity index (χ1n) is 9.82. The summed E-state index contributed by atoms with van der Waals surface area (Å²) in [6.45, 7) is 4.04. The molecule has 0 aliphatic rings. The molecule has 9 nitrogen and oxygen atoms in total. The highest BCUT2D eigenvalue weighted by Gasteiger charge is 2.19. The van der Waals surface area contributed by atoms with Gasteiger partial charge in [0.25, 0.3) is 12.3 Å². The number of pyridine rings is 2. The second-order valence-corrected chi connectivity index (χ2v) is 8.39. The van der Waals surface area contributed by atoms with E-state index >= 15 is 0 Å². The van der Waals surface area contributed by atoms with E-state index in [4.69, 9.17) is 5.84 Å². The third kappa shape index (κ3) is 4.86. The maximum atomic E-state index is 13.3. The van der Waals surface area contributed by atoms with Crippen LogP contribution in [0.4, 0.5) is 14.5 Å². The fraction of sp³-hybridized carbons (Fsp3) is 0.190. The average Bonchev–Trinajstić information content (AvgIpc) is 3.42. The molecule has 0 unspecified atom stereocenters. The van der Waals surface area contributed by atoms with Crippen LogP contribution in [0.15, 0.2) is 48.0 Å². The number of amides is 1. The summed E-state index contributed by atoms with van der Waals surface area (Å²) < 4.78 is 28.1. The first-order chi connectivity index (χ1) is 15.9. The van der Waals surface area contributed by atoms with Gasteiger partial charge in [0.2, 0.25) is 0 Å². The van der Waals surface area contributed by atoms with Gasteiger partial charge in [-0.05, 0) is 31.5 Å². The Labute approximate surface area is 191 Å². The van der Waals surface area contributed by atoms with Crippen molar-refractivity contribution in [3.05, 3.63) is 64.7 Å². The van der Waals surface area contributed by atoms with Crippen LogP contribution >= 0.6 is 11.3 Å². The van der Waals surface area contributed by atoms with Gasteiger partial charge in [-0.2, -0.15) is 0 Å². The number of nitrogens with one attached hydrogen (secondary N) is 2. The molecule has 0 atom stereocenters. The lowest BCUT2D eigenvalue weighted by Gasteiger charge is -2.10. The Bertz CT molecular complexity index is 1330. The number of halogens is 2. The fourth-order valence-corrected chi connectivity index (χ4v) is 3.84. The number of aryl methyl sites for hydroxylation is 2. The van der Waals surface area contributed by atoms with E-state index in [9.17, 15) is 13.6 Å². The van der Waals surface area contributed by atoms with Crippen molar-refractivity contribution in [1.29, 1.82) is 0 Å². The number of carbonyl (C=O) groups is 1. The van der Waals surface area contributed by atoms with Crippen LogP contribution < -0.4 is 16.6 Å². The topological polar surface area (TPSA) is 123 Å². The summed E-state index contributed by atoms with van der Waals surface area (Å²) >= 11 is 1.44. The molecule has 0 aliphatic heterocycles. The zero-order chi connectivity index (χ0) is 23.5. The summed E-state index contributed by atoms with van der Waals surface area (Å²) in [5.41, 5.74) is 4.75. The molecular weight excluding hydrogens is 450 g/mol. The number of hydrogen-bond donors (Lipinski definition) is 3. The number of nitrogens with two attached hydrogens (primary N) is 1. The predicted molar refractivity (Wildman–Crippen MR) is 122 cm³/mol. The lowest BCUT2D eigenvalue weighted by Crippen LogP contribution is -2.35. The molecular formula is C21H20F2N8OS. The Balaban J connectivity index is 1.76. The molecule has 0 radical (unpaired) electrons. The average molecular weight is 471 g/mol. The minimum Gasteiger partial charge on any atom is -0.348 e. The standard InChI is InChI=1S/C21H20F2N8OS/c1-11-3-4-13(7-25-11)8-27-20(32)14-5-15(29-18(30-24)17(22)23)19-26-9-16(31(19)10-14)21-28-6-12(2)33-21/h3-7,9-10,17H,8,24H2,1-2H3,(H,27,32)(H,29,30). The maximum absolute atomic E-state index is 13.3. The minimum absolute atomic E-state index is 0.0624. The summed E-state index contributed by atoms with van der Waals surface area (Å²) in [6.07, 6.45) is 3.60. The van der Waals surface area contributed by atoms with Crippen LogP contribution in [0.1, 0.15) is 26.5 Å².